The lowest BCUT2D eigenvalue weighted by Gasteiger charge is -2.10. The van der Waals surface area contributed by atoms with Crippen LogP contribution in [0.4, 0.5) is 0 Å². The molecule has 0 aliphatic carbocycles. The van der Waals surface area contributed by atoms with Gasteiger partial charge in [-0.3, -0.25) is 0 Å². The lowest BCUT2D eigenvalue weighted by atomic mass is 10.2. The van der Waals surface area contributed by atoms with E-state index in [9.17, 15) is 0 Å². The first-order valence-electron chi connectivity index (χ1n) is 6.57. The predicted molar refractivity (Wildman–Crippen MR) is 82.5 cm³/mol. The molecule has 0 N–H and O–H groups in total. The first kappa shape index (κ1) is 15.1. The fourth-order valence-corrected chi connectivity index (χ4v) is 1.93. The molecule has 2 aromatic rings. The molecule has 2 aromatic carbocycles. The summed E-state index contributed by atoms with van der Waals surface area (Å²) >= 11 is 0. The van der Waals surface area contributed by atoms with Crippen molar-refractivity contribution >= 4 is 7.69 Å². The Bertz CT molecular complexity index is 560. The van der Waals surface area contributed by atoms with Crippen molar-refractivity contribution in [1.82, 2.24) is 0 Å². The molecule has 5 heteroatoms. The lowest BCUT2D eigenvalue weighted by molar-refractivity contribution is 0.406. The minimum atomic E-state index is 0.659. The summed E-state index contributed by atoms with van der Waals surface area (Å²) in [6, 6.07) is 11.3. The second-order valence-corrected chi connectivity index (χ2v) is 4.70. The van der Waals surface area contributed by atoms with Gasteiger partial charge >= 0.3 is 7.69 Å². The van der Waals surface area contributed by atoms with E-state index in [4.69, 9.17) is 18.8 Å². The third kappa shape index (κ3) is 4.34. The van der Waals surface area contributed by atoms with E-state index < -0.39 is 0 Å². The van der Waals surface area contributed by atoms with Gasteiger partial charge in [0, 0.05) is 12.1 Å². The van der Waals surface area contributed by atoms with Gasteiger partial charge in [-0.05, 0) is 49.2 Å². The van der Waals surface area contributed by atoms with E-state index in [1.165, 1.54) is 7.69 Å². The highest BCUT2D eigenvalue weighted by atomic mass is 16.6. The third-order valence-electron chi connectivity index (χ3n) is 2.89. The quantitative estimate of drug-likeness (QED) is 0.763. The average molecular weight is 285 g/mol. The van der Waals surface area contributed by atoms with Crippen LogP contribution in [0.25, 0.3) is 0 Å². The molecule has 0 aromatic heterocycles. The number of aryl methyl sites for hydroxylation is 2. The molecule has 0 bridgehead atoms. The van der Waals surface area contributed by atoms with Crippen molar-refractivity contribution in [3.8, 4) is 23.0 Å². The number of hydrogen-bond donors (Lipinski definition) is 0. The maximum Gasteiger partial charge on any atom is 0.658 e. The minimum Gasteiger partial charge on any atom is -0.526 e. The van der Waals surface area contributed by atoms with Crippen LogP contribution in [0.1, 0.15) is 11.1 Å². The SMILES string of the molecule is COc1cc(C)cc(O[B]Oc2cc(C)cc(OC)c2)c1. The monoisotopic (exact) mass is 285 g/mol. The van der Waals surface area contributed by atoms with Gasteiger partial charge in [0.2, 0.25) is 0 Å². The molecule has 109 valence electrons. The zero-order valence-corrected chi connectivity index (χ0v) is 12.7. The molecule has 21 heavy (non-hydrogen) atoms. The van der Waals surface area contributed by atoms with Gasteiger partial charge < -0.3 is 18.8 Å². The van der Waals surface area contributed by atoms with Crippen molar-refractivity contribution in [2.24, 2.45) is 0 Å². The van der Waals surface area contributed by atoms with Crippen molar-refractivity contribution in [3.63, 3.8) is 0 Å². The Morgan fingerprint density at radius 2 is 1.00 bits per heavy atom. The Kier molecular flexibility index (Phi) is 4.98. The molecular formula is C16H18BO4. The maximum absolute atomic E-state index is 5.48. The third-order valence-corrected chi connectivity index (χ3v) is 2.89. The standard InChI is InChI=1S/C16H18BO4/c1-11-5-13(18-3)9-15(7-11)20-17-21-16-8-12(2)6-14(10-16)19-4/h5-10H,1-4H3. The Morgan fingerprint density at radius 3 is 1.38 bits per heavy atom. The molecule has 0 fully saturated rings. The second-order valence-electron chi connectivity index (χ2n) is 4.70. The molecule has 0 saturated carbocycles. The summed E-state index contributed by atoms with van der Waals surface area (Å²) in [6.45, 7) is 3.95. The largest absolute Gasteiger partial charge is 0.658 e. The van der Waals surface area contributed by atoms with Crippen LogP contribution in [0, 0.1) is 13.8 Å². The first-order chi connectivity index (χ1) is 10.1. The summed E-state index contributed by atoms with van der Waals surface area (Å²) in [5.74, 6) is 2.81. The Hall–Kier alpha value is -2.30. The van der Waals surface area contributed by atoms with Crippen molar-refractivity contribution < 1.29 is 18.8 Å². The summed E-state index contributed by atoms with van der Waals surface area (Å²) in [5, 5.41) is 0. The summed E-state index contributed by atoms with van der Waals surface area (Å²) < 4.78 is 21.3. The van der Waals surface area contributed by atoms with Crippen LogP contribution < -0.4 is 18.8 Å². The van der Waals surface area contributed by atoms with Crippen LogP contribution in [0.2, 0.25) is 0 Å². The van der Waals surface area contributed by atoms with E-state index in [1.54, 1.807) is 26.4 Å². The van der Waals surface area contributed by atoms with Crippen LogP contribution in [0.15, 0.2) is 36.4 Å². The predicted octanol–water partition coefficient (Wildman–Crippen LogP) is 3.31. The van der Waals surface area contributed by atoms with E-state index in [2.05, 4.69) is 0 Å². The van der Waals surface area contributed by atoms with E-state index in [0.717, 1.165) is 22.6 Å². The molecule has 0 heterocycles. The Labute approximate surface area is 125 Å². The van der Waals surface area contributed by atoms with E-state index in [0.29, 0.717) is 11.5 Å². The first-order valence-corrected chi connectivity index (χ1v) is 6.57. The Balaban J connectivity index is 1.98. The number of methoxy groups -OCH3 is 2. The topological polar surface area (TPSA) is 36.9 Å². The molecule has 0 aliphatic rings. The molecule has 0 saturated heterocycles. The van der Waals surface area contributed by atoms with Gasteiger partial charge in [0.25, 0.3) is 0 Å². The lowest BCUT2D eigenvalue weighted by Crippen LogP contribution is -2.11. The zero-order chi connectivity index (χ0) is 15.2. The maximum atomic E-state index is 5.48. The van der Waals surface area contributed by atoms with Crippen molar-refractivity contribution in [1.29, 1.82) is 0 Å². The summed E-state index contributed by atoms with van der Waals surface area (Å²) in [5.41, 5.74) is 2.10. The van der Waals surface area contributed by atoms with Crippen LogP contribution in [-0.2, 0) is 0 Å². The normalized spacial score (nSPS) is 9.90. The molecule has 1 radical (unpaired) electrons. The summed E-state index contributed by atoms with van der Waals surface area (Å²) in [7, 11) is 4.54. The highest BCUT2D eigenvalue weighted by Crippen LogP contribution is 2.24. The molecule has 0 unspecified atom stereocenters. The van der Waals surface area contributed by atoms with Crippen molar-refractivity contribution in [2.45, 2.75) is 13.8 Å². The van der Waals surface area contributed by atoms with Gasteiger partial charge in [0.1, 0.15) is 23.0 Å². The summed E-state index contributed by atoms with van der Waals surface area (Å²) in [4.78, 5) is 0. The summed E-state index contributed by atoms with van der Waals surface area (Å²) in [6.07, 6.45) is 0. The van der Waals surface area contributed by atoms with Crippen LogP contribution in [0.3, 0.4) is 0 Å². The molecule has 0 aliphatic heterocycles. The van der Waals surface area contributed by atoms with Crippen LogP contribution in [-0.4, -0.2) is 21.9 Å². The van der Waals surface area contributed by atoms with Gasteiger partial charge in [-0.2, -0.15) is 0 Å². The van der Waals surface area contributed by atoms with Gasteiger partial charge in [0.15, 0.2) is 0 Å². The second kappa shape index (κ2) is 6.93. The van der Waals surface area contributed by atoms with Gasteiger partial charge in [0.05, 0.1) is 14.2 Å². The zero-order valence-electron chi connectivity index (χ0n) is 12.7. The smallest absolute Gasteiger partial charge is 0.526 e. The number of benzene rings is 2. The van der Waals surface area contributed by atoms with Gasteiger partial charge in [-0.1, -0.05) is 0 Å². The van der Waals surface area contributed by atoms with Gasteiger partial charge in [-0.25, -0.2) is 0 Å². The number of ether oxygens (including phenoxy) is 2. The van der Waals surface area contributed by atoms with Crippen molar-refractivity contribution in [3.05, 3.63) is 47.5 Å². The van der Waals surface area contributed by atoms with E-state index in [-0.39, 0.29) is 0 Å². The molecular weight excluding hydrogens is 267 g/mol. The molecule has 4 nitrogen and oxygen atoms in total. The fraction of sp³-hybridized carbons (Fsp3) is 0.250. The fourth-order valence-electron chi connectivity index (χ4n) is 1.93. The molecule has 2 rings (SSSR count). The highest BCUT2D eigenvalue weighted by molar-refractivity contribution is 6.20. The minimum absolute atomic E-state index is 0.659. The van der Waals surface area contributed by atoms with Gasteiger partial charge in [-0.15, -0.1) is 0 Å². The average Bonchev–Trinajstić information content (AvgIpc) is 2.46. The van der Waals surface area contributed by atoms with E-state index >= 15 is 0 Å². The van der Waals surface area contributed by atoms with E-state index in [1.807, 2.05) is 38.1 Å². The van der Waals surface area contributed by atoms with Crippen LogP contribution in [0.5, 0.6) is 23.0 Å². The number of rotatable bonds is 6. The number of hydrogen-bond acceptors (Lipinski definition) is 4. The van der Waals surface area contributed by atoms with Crippen LogP contribution >= 0.6 is 0 Å². The van der Waals surface area contributed by atoms with Crippen molar-refractivity contribution in [2.75, 3.05) is 14.2 Å². The highest BCUT2D eigenvalue weighted by Gasteiger charge is 2.06. The molecule has 0 atom stereocenters. The Morgan fingerprint density at radius 1 is 0.619 bits per heavy atom. The molecule has 0 spiro atoms. The molecule has 0 amide bonds.